The van der Waals surface area contributed by atoms with Crippen LogP contribution in [0.25, 0.3) is 6.08 Å². The lowest BCUT2D eigenvalue weighted by Gasteiger charge is -2.28. The molecule has 1 saturated heterocycles. The van der Waals surface area contributed by atoms with Crippen molar-refractivity contribution in [2.24, 2.45) is 0 Å². The second kappa shape index (κ2) is 9.50. The fraction of sp³-hybridized carbons (Fsp3) is 0.556. The van der Waals surface area contributed by atoms with Gasteiger partial charge >= 0.3 is 0 Å². The maximum atomic E-state index is 12.6. The van der Waals surface area contributed by atoms with Crippen molar-refractivity contribution in [3.63, 3.8) is 0 Å². The molecule has 0 spiro atoms. The van der Waals surface area contributed by atoms with E-state index in [1.165, 1.54) is 17.7 Å². The molecule has 2 amide bonds. The van der Waals surface area contributed by atoms with Crippen LogP contribution in [-0.2, 0) is 9.59 Å². The van der Waals surface area contributed by atoms with E-state index in [1.807, 2.05) is 11.0 Å². The molecule has 2 heterocycles. The fourth-order valence-corrected chi connectivity index (χ4v) is 3.53. The predicted molar refractivity (Wildman–Crippen MR) is 95.2 cm³/mol. The zero-order valence-corrected chi connectivity index (χ0v) is 14.6. The summed E-state index contributed by atoms with van der Waals surface area (Å²) in [5.74, 6) is 0.180. The standard InChI is InChI=1S/C18H26N2O2S/c1-19-17(21)9-5-10-18(22)20-13-4-2-3-7-15(20)11-12-16-8-6-14-23-16/h6,8,11-12,14-15H,2-5,7,9-10,13H2,1H3,(H,19,21)/b12-11+/t15-/m1/s1. The summed E-state index contributed by atoms with van der Waals surface area (Å²) in [5, 5.41) is 4.66. The van der Waals surface area contributed by atoms with E-state index in [1.54, 1.807) is 18.4 Å². The third-order valence-corrected chi connectivity index (χ3v) is 5.06. The minimum atomic E-state index is 0.00260. The van der Waals surface area contributed by atoms with Crippen molar-refractivity contribution in [1.82, 2.24) is 10.2 Å². The van der Waals surface area contributed by atoms with Crippen molar-refractivity contribution in [3.05, 3.63) is 28.5 Å². The van der Waals surface area contributed by atoms with Gasteiger partial charge in [-0.2, -0.15) is 0 Å². The van der Waals surface area contributed by atoms with Crippen LogP contribution in [0.5, 0.6) is 0 Å². The minimum absolute atomic E-state index is 0.00260. The molecular formula is C18H26N2O2S. The summed E-state index contributed by atoms with van der Waals surface area (Å²) >= 11 is 1.71. The molecule has 1 fully saturated rings. The van der Waals surface area contributed by atoms with Crippen LogP contribution in [-0.4, -0.2) is 36.3 Å². The molecular weight excluding hydrogens is 308 g/mol. The SMILES string of the molecule is CNC(=O)CCCC(=O)N1CCCCC[C@@H]1/C=C/c1cccs1. The number of rotatable bonds is 6. The Morgan fingerprint density at radius 2 is 2.22 bits per heavy atom. The molecule has 0 radical (unpaired) electrons. The van der Waals surface area contributed by atoms with Gasteiger partial charge in [0.15, 0.2) is 0 Å². The minimum Gasteiger partial charge on any atom is -0.359 e. The van der Waals surface area contributed by atoms with Crippen LogP contribution < -0.4 is 5.32 Å². The zero-order chi connectivity index (χ0) is 16.5. The lowest BCUT2D eigenvalue weighted by Crippen LogP contribution is -2.38. The summed E-state index contributed by atoms with van der Waals surface area (Å²) in [6.45, 7) is 0.832. The van der Waals surface area contributed by atoms with Gasteiger partial charge in [-0.05, 0) is 36.8 Å². The Bertz CT molecular complexity index is 525. The first-order valence-electron chi connectivity index (χ1n) is 8.42. The highest BCUT2D eigenvalue weighted by atomic mass is 32.1. The van der Waals surface area contributed by atoms with Crippen molar-refractivity contribution in [2.45, 2.75) is 51.0 Å². The summed E-state index contributed by atoms with van der Waals surface area (Å²) in [7, 11) is 1.63. The van der Waals surface area contributed by atoms with Crippen molar-refractivity contribution in [1.29, 1.82) is 0 Å². The Labute approximate surface area is 142 Å². The molecule has 1 N–H and O–H groups in total. The highest BCUT2D eigenvalue weighted by molar-refractivity contribution is 7.10. The van der Waals surface area contributed by atoms with Crippen molar-refractivity contribution >= 4 is 29.2 Å². The average Bonchev–Trinajstić information content (AvgIpc) is 2.96. The summed E-state index contributed by atoms with van der Waals surface area (Å²) in [6, 6.07) is 4.32. The molecule has 0 saturated carbocycles. The first-order valence-corrected chi connectivity index (χ1v) is 9.30. The van der Waals surface area contributed by atoms with Gasteiger partial charge in [-0.1, -0.05) is 25.0 Å². The van der Waals surface area contributed by atoms with Gasteiger partial charge in [0.05, 0.1) is 6.04 Å². The van der Waals surface area contributed by atoms with E-state index in [0.717, 1.165) is 19.4 Å². The van der Waals surface area contributed by atoms with Crippen LogP contribution in [0.4, 0.5) is 0 Å². The average molecular weight is 334 g/mol. The third-order valence-electron chi connectivity index (χ3n) is 4.22. The van der Waals surface area contributed by atoms with Gasteiger partial charge in [-0.3, -0.25) is 9.59 Å². The molecule has 0 bridgehead atoms. The van der Waals surface area contributed by atoms with Crippen LogP contribution >= 0.6 is 11.3 Å². The van der Waals surface area contributed by atoms with Gasteiger partial charge in [0.25, 0.3) is 0 Å². The van der Waals surface area contributed by atoms with E-state index in [9.17, 15) is 9.59 Å². The van der Waals surface area contributed by atoms with Crippen LogP contribution in [0, 0.1) is 0 Å². The summed E-state index contributed by atoms with van der Waals surface area (Å²) < 4.78 is 0. The summed E-state index contributed by atoms with van der Waals surface area (Å²) in [6.07, 6.45) is 10.3. The second-order valence-corrected chi connectivity index (χ2v) is 6.88. The lowest BCUT2D eigenvalue weighted by atomic mass is 10.1. The number of hydrogen-bond donors (Lipinski definition) is 1. The molecule has 1 aliphatic heterocycles. The number of nitrogens with one attached hydrogen (secondary N) is 1. The van der Waals surface area contributed by atoms with Crippen molar-refractivity contribution < 1.29 is 9.59 Å². The van der Waals surface area contributed by atoms with Crippen LogP contribution in [0.2, 0.25) is 0 Å². The Morgan fingerprint density at radius 3 is 2.96 bits per heavy atom. The van der Waals surface area contributed by atoms with Gasteiger partial charge in [0.1, 0.15) is 0 Å². The Morgan fingerprint density at radius 1 is 1.35 bits per heavy atom. The predicted octanol–water partition coefficient (Wildman–Crippen LogP) is 3.45. The van der Waals surface area contributed by atoms with Crippen LogP contribution in [0.3, 0.4) is 0 Å². The van der Waals surface area contributed by atoms with E-state index in [-0.39, 0.29) is 17.9 Å². The molecule has 1 aliphatic rings. The van der Waals surface area contributed by atoms with E-state index in [2.05, 4.69) is 28.9 Å². The number of amides is 2. The smallest absolute Gasteiger partial charge is 0.223 e. The van der Waals surface area contributed by atoms with Crippen LogP contribution in [0.15, 0.2) is 23.6 Å². The molecule has 0 aliphatic carbocycles. The molecule has 23 heavy (non-hydrogen) atoms. The van der Waals surface area contributed by atoms with E-state index in [4.69, 9.17) is 0 Å². The van der Waals surface area contributed by atoms with Gasteiger partial charge in [0.2, 0.25) is 11.8 Å². The first kappa shape index (κ1) is 17.7. The monoisotopic (exact) mass is 334 g/mol. The molecule has 126 valence electrons. The normalized spacial score (nSPS) is 18.8. The van der Waals surface area contributed by atoms with E-state index in [0.29, 0.717) is 19.3 Å². The Kier molecular flexibility index (Phi) is 7.33. The Hall–Kier alpha value is -1.62. The molecule has 5 heteroatoms. The molecule has 1 aromatic rings. The molecule has 1 aromatic heterocycles. The van der Waals surface area contributed by atoms with E-state index < -0.39 is 0 Å². The highest BCUT2D eigenvalue weighted by Gasteiger charge is 2.23. The van der Waals surface area contributed by atoms with Crippen molar-refractivity contribution in [2.75, 3.05) is 13.6 Å². The maximum Gasteiger partial charge on any atom is 0.223 e. The number of likely N-dealkylation sites (tertiary alicyclic amines) is 1. The van der Waals surface area contributed by atoms with Crippen molar-refractivity contribution in [3.8, 4) is 0 Å². The number of carbonyl (C=O) groups is 2. The molecule has 2 rings (SSSR count). The molecule has 1 atom stereocenters. The summed E-state index contributed by atoms with van der Waals surface area (Å²) in [5.41, 5.74) is 0. The first-order chi connectivity index (χ1) is 11.2. The van der Waals surface area contributed by atoms with Crippen LogP contribution in [0.1, 0.15) is 49.8 Å². The zero-order valence-electron chi connectivity index (χ0n) is 13.8. The second-order valence-electron chi connectivity index (χ2n) is 5.91. The fourth-order valence-electron chi connectivity index (χ4n) is 2.90. The van der Waals surface area contributed by atoms with Gasteiger partial charge in [0, 0.05) is 31.3 Å². The molecule has 0 aromatic carbocycles. The third kappa shape index (κ3) is 5.82. The highest BCUT2D eigenvalue weighted by Crippen LogP contribution is 2.21. The number of thiophene rings is 1. The van der Waals surface area contributed by atoms with Gasteiger partial charge in [-0.25, -0.2) is 0 Å². The van der Waals surface area contributed by atoms with E-state index >= 15 is 0 Å². The quantitative estimate of drug-likeness (QED) is 0.866. The number of nitrogens with zero attached hydrogens (tertiary/aromatic N) is 1. The van der Waals surface area contributed by atoms with Gasteiger partial charge < -0.3 is 10.2 Å². The topological polar surface area (TPSA) is 49.4 Å². The Balaban J connectivity index is 1.94. The number of carbonyl (C=O) groups excluding carboxylic acids is 2. The lowest BCUT2D eigenvalue weighted by molar-refractivity contribution is -0.132. The maximum absolute atomic E-state index is 12.6. The van der Waals surface area contributed by atoms with Gasteiger partial charge in [-0.15, -0.1) is 11.3 Å². The summed E-state index contributed by atoms with van der Waals surface area (Å²) in [4.78, 5) is 27.1. The largest absolute Gasteiger partial charge is 0.359 e. The molecule has 0 unspecified atom stereocenters. The number of hydrogen-bond acceptors (Lipinski definition) is 3. The molecule has 4 nitrogen and oxygen atoms in total.